The molecule has 0 spiro atoms. The molecule has 0 unspecified atom stereocenters. The second-order valence-electron chi connectivity index (χ2n) is 4.14. The van der Waals surface area contributed by atoms with Gasteiger partial charge in [-0.15, -0.1) is 11.3 Å². The highest BCUT2D eigenvalue weighted by atomic mass is 79.9. The molecule has 1 aromatic heterocycles. The fourth-order valence-electron chi connectivity index (χ4n) is 1.66. The Bertz CT molecular complexity index is 758. The Hall–Kier alpha value is -0.890. The zero-order chi connectivity index (χ0) is 15.5. The van der Waals surface area contributed by atoms with Gasteiger partial charge in [-0.05, 0) is 46.6 Å². The Balaban J connectivity index is 1.92. The first-order chi connectivity index (χ1) is 9.88. The normalized spacial score (nSPS) is 11.3. The average Bonchev–Trinajstić information content (AvgIpc) is 2.88. The molecule has 21 heavy (non-hydrogen) atoms. The molecule has 1 amide bonds. The molecule has 0 fully saturated rings. The molecule has 1 aromatic carbocycles. The Kier molecular flexibility index (Phi) is 5.43. The van der Waals surface area contributed by atoms with Crippen molar-refractivity contribution in [3.05, 3.63) is 51.3 Å². The van der Waals surface area contributed by atoms with Crippen molar-refractivity contribution < 1.29 is 13.2 Å². The van der Waals surface area contributed by atoms with Crippen LogP contribution in [-0.2, 0) is 15.5 Å². The molecular formula is C13H11BrClNO3S2. The molecule has 4 nitrogen and oxygen atoms in total. The van der Waals surface area contributed by atoms with Crippen molar-refractivity contribution >= 4 is 52.9 Å². The largest absolute Gasteiger partial charge is 0.352 e. The van der Waals surface area contributed by atoms with Gasteiger partial charge in [-0.2, -0.15) is 0 Å². The summed E-state index contributed by atoms with van der Waals surface area (Å²) in [5.41, 5.74) is 0.563. The number of amides is 1. The van der Waals surface area contributed by atoms with E-state index < -0.39 is 9.05 Å². The monoisotopic (exact) mass is 407 g/mol. The van der Waals surface area contributed by atoms with Crippen LogP contribution in [0.3, 0.4) is 0 Å². The van der Waals surface area contributed by atoms with Crippen LogP contribution in [0.15, 0.2) is 45.1 Å². The van der Waals surface area contributed by atoms with Crippen molar-refractivity contribution in [2.75, 3.05) is 6.54 Å². The number of thiophene rings is 1. The smallest absolute Gasteiger partial charge is 0.270 e. The van der Waals surface area contributed by atoms with Crippen LogP contribution in [0, 0.1) is 0 Å². The molecule has 1 heterocycles. The summed E-state index contributed by atoms with van der Waals surface area (Å²) in [5, 5.41) is 2.79. The summed E-state index contributed by atoms with van der Waals surface area (Å²) in [6.07, 6.45) is 0.549. The van der Waals surface area contributed by atoms with Crippen molar-refractivity contribution in [2.24, 2.45) is 0 Å². The topological polar surface area (TPSA) is 63.2 Å². The molecule has 2 aromatic rings. The molecule has 0 atom stereocenters. The third kappa shape index (κ3) is 4.54. The second kappa shape index (κ2) is 6.91. The van der Waals surface area contributed by atoms with Crippen LogP contribution < -0.4 is 5.32 Å². The summed E-state index contributed by atoms with van der Waals surface area (Å²) in [6.45, 7) is 0.419. The van der Waals surface area contributed by atoms with Crippen LogP contribution in [0.4, 0.5) is 0 Å². The third-order valence-corrected chi connectivity index (χ3v) is 6.58. The zero-order valence-electron chi connectivity index (χ0n) is 10.7. The van der Waals surface area contributed by atoms with E-state index in [1.807, 2.05) is 6.07 Å². The van der Waals surface area contributed by atoms with Gasteiger partial charge in [0, 0.05) is 26.6 Å². The van der Waals surface area contributed by atoms with Crippen LogP contribution >= 0.6 is 37.9 Å². The van der Waals surface area contributed by atoms with Gasteiger partial charge in [0.05, 0.1) is 5.56 Å². The molecule has 0 saturated heterocycles. The summed E-state index contributed by atoms with van der Waals surface area (Å²) in [6, 6.07) is 10.3. The fourth-order valence-corrected chi connectivity index (χ4v) is 4.25. The highest BCUT2D eigenvalue weighted by molar-refractivity contribution is 9.10. The zero-order valence-corrected chi connectivity index (χ0v) is 14.7. The lowest BCUT2D eigenvalue weighted by Gasteiger charge is -2.05. The number of benzene rings is 1. The van der Waals surface area contributed by atoms with Gasteiger partial charge in [0.15, 0.2) is 0 Å². The molecule has 0 aliphatic carbocycles. The Morgan fingerprint density at radius 3 is 2.57 bits per heavy atom. The van der Waals surface area contributed by atoms with E-state index in [2.05, 4.69) is 21.2 Å². The molecule has 2 rings (SSSR count). The number of nitrogens with one attached hydrogen (secondary N) is 1. The van der Waals surface area contributed by atoms with Gasteiger partial charge >= 0.3 is 0 Å². The lowest BCUT2D eigenvalue weighted by molar-refractivity contribution is 0.0953. The number of hydrogen-bond acceptors (Lipinski definition) is 4. The lowest BCUT2D eigenvalue weighted by atomic mass is 10.2. The van der Waals surface area contributed by atoms with Crippen molar-refractivity contribution in [2.45, 2.75) is 10.6 Å². The van der Waals surface area contributed by atoms with Crippen molar-refractivity contribution in [1.29, 1.82) is 0 Å². The average molecular weight is 409 g/mol. The van der Waals surface area contributed by atoms with E-state index in [9.17, 15) is 13.2 Å². The fraction of sp³-hybridized carbons (Fsp3) is 0.154. The van der Waals surface area contributed by atoms with Crippen LogP contribution in [0.25, 0.3) is 0 Å². The Morgan fingerprint density at radius 1 is 1.24 bits per heavy atom. The van der Waals surface area contributed by atoms with E-state index in [0.29, 0.717) is 18.5 Å². The van der Waals surface area contributed by atoms with Gasteiger partial charge < -0.3 is 5.32 Å². The van der Waals surface area contributed by atoms with Crippen LogP contribution in [0.5, 0.6) is 0 Å². The van der Waals surface area contributed by atoms with Crippen molar-refractivity contribution in [3.63, 3.8) is 0 Å². The predicted octanol–water partition coefficient (Wildman–Crippen LogP) is 3.41. The number of carbonyl (C=O) groups is 1. The Morgan fingerprint density at radius 2 is 1.95 bits per heavy atom. The molecule has 0 aliphatic rings. The summed E-state index contributed by atoms with van der Waals surface area (Å²) in [4.78, 5) is 12.8. The first kappa shape index (κ1) is 16.5. The van der Waals surface area contributed by atoms with E-state index in [1.165, 1.54) is 6.07 Å². The van der Waals surface area contributed by atoms with Gasteiger partial charge in [0.1, 0.15) is 4.21 Å². The number of rotatable bonds is 5. The maximum Gasteiger partial charge on any atom is 0.270 e. The maximum atomic E-state index is 12.0. The van der Waals surface area contributed by atoms with Crippen LogP contribution in [0.2, 0.25) is 0 Å². The minimum absolute atomic E-state index is 0.122. The standard InChI is InChI=1S/C13H11BrClNO3S2/c14-11-4-2-1-3-10(11)13(17)16-8-7-9-5-6-12(20-9)21(15,18)19/h1-6H,7-8H2,(H,16,17). The minimum Gasteiger partial charge on any atom is -0.352 e. The van der Waals surface area contributed by atoms with E-state index in [1.54, 1.807) is 24.3 Å². The summed E-state index contributed by atoms with van der Waals surface area (Å²) in [5.74, 6) is -0.177. The summed E-state index contributed by atoms with van der Waals surface area (Å²) in [7, 11) is 1.59. The Labute approximate surface area is 139 Å². The molecule has 1 N–H and O–H groups in total. The first-order valence-electron chi connectivity index (χ1n) is 5.94. The first-order valence-corrected chi connectivity index (χ1v) is 9.86. The van der Waals surface area contributed by atoms with Gasteiger partial charge in [-0.25, -0.2) is 8.42 Å². The summed E-state index contributed by atoms with van der Waals surface area (Å²) < 4.78 is 23.2. The highest BCUT2D eigenvalue weighted by Crippen LogP contribution is 2.24. The quantitative estimate of drug-likeness (QED) is 0.771. The van der Waals surface area contributed by atoms with Crippen molar-refractivity contribution in [1.82, 2.24) is 5.32 Å². The molecule has 112 valence electrons. The summed E-state index contributed by atoms with van der Waals surface area (Å²) >= 11 is 4.43. The van der Waals surface area contributed by atoms with Gasteiger partial charge in [0.25, 0.3) is 15.0 Å². The molecule has 0 saturated carbocycles. The van der Waals surface area contributed by atoms with E-state index >= 15 is 0 Å². The van der Waals surface area contributed by atoms with Gasteiger partial charge in [-0.3, -0.25) is 4.79 Å². The molecule has 8 heteroatoms. The SMILES string of the molecule is O=C(NCCc1ccc(S(=O)(=O)Cl)s1)c1ccccc1Br. The molecule has 0 radical (unpaired) electrons. The minimum atomic E-state index is -3.67. The van der Waals surface area contributed by atoms with Crippen molar-refractivity contribution in [3.8, 4) is 0 Å². The van der Waals surface area contributed by atoms with E-state index in [4.69, 9.17) is 10.7 Å². The molecule has 0 aliphatic heterocycles. The highest BCUT2D eigenvalue weighted by Gasteiger charge is 2.13. The van der Waals surface area contributed by atoms with Crippen LogP contribution in [-0.4, -0.2) is 20.9 Å². The van der Waals surface area contributed by atoms with E-state index in [-0.39, 0.29) is 10.1 Å². The van der Waals surface area contributed by atoms with E-state index in [0.717, 1.165) is 20.7 Å². The molecule has 0 bridgehead atoms. The predicted molar refractivity (Wildman–Crippen MR) is 87.5 cm³/mol. The van der Waals surface area contributed by atoms with Gasteiger partial charge in [0.2, 0.25) is 0 Å². The second-order valence-corrected chi connectivity index (χ2v) is 8.96. The van der Waals surface area contributed by atoms with Crippen LogP contribution in [0.1, 0.15) is 15.2 Å². The van der Waals surface area contributed by atoms with Gasteiger partial charge in [-0.1, -0.05) is 12.1 Å². The number of carbonyl (C=O) groups excluding carboxylic acids is 1. The molecular weight excluding hydrogens is 398 g/mol. The number of hydrogen-bond donors (Lipinski definition) is 1. The maximum absolute atomic E-state index is 12.0. The number of halogens is 2. The third-order valence-electron chi connectivity index (χ3n) is 2.65. The lowest BCUT2D eigenvalue weighted by Crippen LogP contribution is -2.25.